The molecule has 0 aromatic rings. The average Bonchev–Trinajstić information content (AvgIpc) is 2.56. The minimum atomic E-state index is -1.39. The predicted molar refractivity (Wildman–Crippen MR) is 83.9 cm³/mol. The Bertz CT molecular complexity index is 519. The summed E-state index contributed by atoms with van der Waals surface area (Å²) in [5.74, 6) is -5.01. The highest BCUT2D eigenvalue weighted by atomic mass is 16.6. The summed E-state index contributed by atoms with van der Waals surface area (Å²) in [5.41, 5.74) is 0. The number of aliphatic carboxylic acids is 2. The van der Waals surface area contributed by atoms with E-state index in [1.807, 2.05) is 0 Å². The molecule has 0 spiro atoms. The van der Waals surface area contributed by atoms with Crippen LogP contribution < -0.4 is 5.32 Å². The van der Waals surface area contributed by atoms with Gasteiger partial charge in [0.2, 0.25) is 5.91 Å². The van der Waals surface area contributed by atoms with Crippen LogP contribution in [0.1, 0.15) is 39.0 Å². The third kappa shape index (κ3) is 11.0. The molecule has 11 nitrogen and oxygen atoms in total. The van der Waals surface area contributed by atoms with Gasteiger partial charge in [-0.1, -0.05) is 0 Å². The van der Waals surface area contributed by atoms with Crippen LogP contribution in [0.2, 0.25) is 0 Å². The number of hydrogen-bond acceptors (Lipinski definition) is 8. The third-order valence-electron chi connectivity index (χ3n) is 3.02. The van der Waals surface area contributed by atoms with E-state index in [0.29, 0.717) is 0 Å². The number of aliphatic hydroxyl groups excluding tert-OH is 1. The molecule has 2 unspecified atom stereocenters. The summed E-state index contributed by atoms with van der Waals surface area (Å²) in [5, 5.41) is 28.1. The molecule has 2 atom stereocenters. The minimum absolute atomic E-state index is 0.0213. The van der Waals surface area contributed by atoms with Crippen LogP contribution in [0.4, 0.5) is 0 Å². The fraction of sp³-hybridized carbons (Fsp3) is 0.667. The van der Waals surface area contributed by atoms with Crippen molar-refractivity contribution in [3.63, 3.8) is 0 Å². The van der Waals surface area contributed by atoms with E-state index in [1.165, 1.54) is 6.92 Å². The van der Waals surface area contributed by atoms with E-state index in [0.717, 1.165) is 0 Å². The van der Waals surface area contributed by atoms with Crippen LogP contribution in [0, 0.1) is 0 Å². The molecule has 0 aromatic heterocycles. The number of rotatable bonds is 13. The zero-order chi connectivity index (χ0) is 20.1. The number of ether oxygens (including phenoxy) is 2. The second kappa shape index (κ2) is 12.6. The molecule has 26 heavy (non-hydrogen) atoms. The lowest BCUT2D eigenvalue weighted by Crippen LogP contribution is -2.41. The van der Waals surface area contributed by atoms with Gasteiger partial charge in [0.15, 0.2) is 6.10 Å². The van der Waals surface area contributed by atoms with Crippen molar-refractivity contribution in [3.8, 4) is 0 Å². The van der Waals surface area contributed by atoms with E-state index in [4.69, 9.17) is 24.8 Å². The lowest BCUT2D eigenvalue weighted by atomic mass is 10.1. The molecule has 0 fully saturated rings. The summed E-state index contributed by atoms with van der Waals surface area (Å²) in [6.45, 7) is 1.11. The summed E-state index contributed by atoms with van der Waals surface area (Å²) >= 11 is 0. The molecule has 11 heteroatoms. The molecular formula is C15H23NO10. The molecule has 4 N–H and O–H groups in total. The van der Waals surface area contributed by atoms with Crippen molar-refractivity contribution in [1.82, 2.24) is 5.32 Å². The van der Waals surface area contributed by atoms with Crippen molar-refractivity contribution in [1.29, 1.82) is 0 Å². The van der Waals surface area contributed by atoms with Crippen molar-refractivity contribution in [2.45, 2.75) is 51.2 Å². The quantitative estimate of drug-likeness (QED) is 0.231. The molecular weight excluding hydrogens is 354 g/mol. The molecule has 0 rings (SSSR count). The van der Waals surface area contributed by atoms with Crippen LogP contribution in [-0.4, -0.2) is 70.5 Å². The Hall–Kier alpha value is -2.69. The van der Waals surface area contributed by atoms with Crippen LogP contribution in [0.25, 0.3) is 0 Å². The summed E-state index contributed by atoms with van der Waals surface area (Å²) < 4.78 is 9.50. The average molecular weight is 377 g/mol. The molecule has 0 heterocycles. The number of aliphatic hydroxyl groups is 1. The maximum Gasteiger partial charge on any atom is 0.347 e. The van der Waals surface area contributed by atoms with Gasteiger partial charge in [0.25, 0.3) is 0 Å². The Morgan fingerprint density at radius 1 is 1.04 bits per heavy atom. The van der Waals surface area contributed by atoms with Crippen LogP contribution in [0.15, 0.2) is 0 Å². The summed E-state index contributed by atoms with van der Waals surface area (Å²) in [7, 11) is 0. The van der Waals surface area contributed by atoms with Gasteiger partial charge in [0.05, 0.1) is 13.0 Å². The zero-order valence-corrected chi connectivity index (χ0v) is 14.3. The normalized spacial score (nSPS) is 12.5. The molecule has 0 saturated heterocycles. The molecule has 0 aliphatic heterocycles. The van der Waals surface area contributed by atoms with Crippen molar-refractivity contribution in [2.75, 3.05) is 13.2 Å². The number of hydrogen-bond donors (Lipinski definition) is 4. The van der Waals surface area contributed by atoms with Gasteiger partial charge in [-0.25, -0.2) is 9.59 Å². The first kappa shape index (κ1) is 23.3. The summed E-state index contributed by atoms with van der Waals surface area (Å²) in [6.07, 6.45) is -2.45. The first-order chi connectivity index (χ1) is 12.2. The molecule has 148 valence electrons. The van der Waals surface area contributed by atoms with Crippen molar-refractivity contribution in [3.05, 3.63) is 0 Å². The lowest BCUT2D eigenvalue weighted by Gasteiger charge is -2.14. The van der Waals surface area contributed by atoms with E-state index in [9.17, 15) is 24.0 Å². The minimum Gasteiger partial charge on any atom is -0.481 e. The van der Waals surface area contributed by atoms with E-state index in [-0.39, 0.29) is 32.5 Å². The number of amides is 1. The fourth-order valence-electron chi connectivity index (χ4n) is 1.67. The maximum atomic E-state index is 11.7. The zero-order valence-electron chi connectivity index (χ0n) is 14.3. The van der Waals surface area contributed by atoms with Crippen LogP contribution in [0.3, 0.4) is 0 Å². The van der Waals surface area contributed by atoms with Crippen LogP contribution in [0.5, 0.6) is 0 Å². The Balaban J connectivity index is 4.23. The molecule has 0 bridgehead atoms. The Labute approximate surface area is 149 Å². The number of nitrogens with one attached hydrogen (secondary N) is 1. The number of carboxylic acids is 2. The Morgan fingerprint density at radius 2 is 1.69 bits per heavy atom. The number of carboxylic acid groups (broad SMARTS) is 2. The Kier molecular flexibility index (Phi) is 11.3. The maximum absolute atomic E-state index is 11.7. The fourth-order valence-corrected chi connectivity index (χ4v) is 1.67. The molecule has 1 amide bonds. The lowest BCUT2D eigenvalue weighted by molar-refractivity contribution is -0.167. The highest BCUT2D eigenvalue weighted by Crippen LogP contribution is 2.03. The smallest absolute Gasteiger partial charge is 0.347 e. The molecule has 0 aliphatic rings. The highest BCUT2D eigenvalue weighted by Gasteiger charge is 2.23. The van der Waals surface area contributed by atoms with Crippen LogP contribution in [-0.2, 0) is 33.4 Å². The highest BCUT2D eigenvalue weighted by molar-refractivity contribution is 5.86. The monoisotopic (exact) mass is 377 g/mol. The second-order valence-corrected chi connectivity index (χ2v) is 5.27. The predicted octanol–water partition coefficient (Wildman–Crippen LogP) is -0.942. The summed E-state index contributed by atoms with van der Waals surface area (Å²) in [4.78, 5) is 56.1. The topological polar surface area (TPSA) is 177 Å². The Morgan fingerprint density at radius 3 is 2.23 bits per heavy atom. The van der Waals surface area contributed by atoms with Crippen molar-refractivity contribution < 1.29 is 48.8 Å². The van der Waals surface area contributed by atoms with Gasteiger partial charge < -0.3 is 30.1 Å². The van der Waals surface area contributed by atoms with Gasteiger partial charge in [-0.15, -0.1) is 0 Å². The number of carbonyl (C=O) groups excluding carboxylic acids is 3. The van der Waals surface area contributed by atoms with Crippen LogP contribution >= 0.6 is 0 Å². The van der Waals surface area contributed by atoms with Gasteiger partial charge in [-0.05, 0) is 13.3 Å². The SMILES string of the molecule is CC(OC(=O)CCC(=O)NC(CCC(=O)O)C(=O)O)C(=O)OCCCO. The first-order valence-electron chi connectivity index (χ1n) is 7.88. The van der Waals surface area contributed by atoms with Gasteiger partial charge in [0, 0.05) is 25.9 Å². The molecule has 0 aromatic carbocycles. The van der Waals surface area contributed by atoms with Gasteiger partial charge in [0.1, 0.15) is 6.04 Å². The molecule has 0 aliphatic carbocycles. The van der Waals surface area contributed by atoms with Crippen molar-refractivity contribution >= 4 is 29.8 Å². The van der Waals surface area contributed by atoms with E-state index in [2.05, 4.69) is 5.32 Å². The molecule has 0 radical (unpaired) electrons. The number of esters is 2. The van der Waals surface area contributed by atoms with Crippen molar-refractivity contribution in [2.24, 2.45) is 0 Å². The number of carbonyl (C=O) groups is 5. The third-order valence-corrected chi connectivity index (χ3v) is 3.02. The van der Waals surface area contributed by atoms with Gasteiger partial charge >= 0.3 is 23.9 Å². The van der Waals surface area contributed by atoms with E-state index >= 15 is 0 Å². The van der Waals surface area contributed by atoms with E-state index < -0.39 is 54.8 Å². The molecule has 0 saturated carbocycles. The summed E-state index contributed by atoms with van der Waals surface area (Å²) in [6, 6.07) is -1.38. The standard InChI is InChI=1S/C15H23NO10/c1-9(15(24)25-8-2-7-17)26-13(21)6-4-11(18)16-10(14(22)23)3-5-12(19)20/h9-10,17H,2-8H2,1H3,(H,16,18)(H,19,20)(H,22,23). The van der Waals surface area contributed by atoms with Gasteiger partial charge in [-0.3, -0.25) is 14.4 Å². The van der Waals surface area contributed by atoms with E-state index in [1.54, 1.807) is 0 Å². The largest absolute Gasteiger partial charge is 0.481 e. The first-order valence-corrected chi connectivity index (χ1v) is 7.88. The van der Waals surface area contributed by atoms with Gasteiger partial charge in [-0.2, -0.15) is 0 Å². The second-order valence-electron chi connectivity index (χ2n) is 5.27.